The van der Waals surface area contributed by atoms with Crippen LogP contribution in [0.3, 0.4) is 0 Å². The minimum absolute atomic E-state index is 0.0735. The van der Waals surface area contributed by atoms with Crippen molar-refractivity contribution >= 4 is 33.8 Å². The van der Waals surface area contributed by atoms with Crippen LogP contribution >= 0.6 is 0 Å². The number of nitrogens with zero attached hydrogens (tertiary/aromatic N) is 6. The number of rotatable bonds is 9. The first-order chi connectivity index (χ1) is 22.3. The second-order valence-electron chi connectivity index (χ2n) is 12.6. The zero-order valence-corrected chi connectivity index (χ0v) is 27.9. The van der Waals surface area contributed by atoms with Gasteiger partial charge < -0.3 is 24.6 Å². The molecular formula is C32H41N7O7S. The van der Waals surface area contributed by atoms with Crippen LogP contribution in [0.5, 0.6) is 5.75 Å². The van der Waals surface area contributed by atoms with E-state index in [0.717, 1.165) is 10.1 Å². The summed E-state index contributed by atoms with van der Waals surface area (Å²) in [5.74, 6) is -0.0351. The van der Waals surface area contributed by atoms with Gasteiger partial charge >= 0.3 is 12.1 Å². The maximum atomic E-state index is 13.5. The molecule has 2 aliphatic rings. The lowest BCUT2D eigenvalue weighted by atomic mass is 10.0. The standard InChI is InChI=1S/C32H41N7O7S/c1-32(2,3)46-30(41)25(34-29(40)26-8-7-16-39(26)47(43,44)28-14-17-36(4)35-28)22-23-10-12-24(13-11-23)45-31(42)38-20-18-37(19-21-38)27-9-5-6-15-33-27/h5-6,9-15,17,25-26H,7-8,16,18-22H2,1-4H3,(H,34,40)/t25-,26-/m0/s1. The fourth-order valence-electron chi connectivity index (χ4n) is 5.53. The zero-order valence-electron chi connectivity index (χ0n) is 27.0. The molecule has 15 heteroatoms. The van der Waals surface area contributed by atoms with Crippen LogP contribution in [-0.2, 0) is 37.8 Å². The van der Waals surface area contributed by atoms with Crippen molar-refractivity contribution in [2.45, 2.75) is 62.7 Å². The Bertz CT molecular complexity index is 1670. The third-order valence-corrected chi connectivity index (χ3v) is 9.66. The van der Waals surface area contributed by atoms with Gasteiger partial charge in [-0.3, -0.25) is 9.48 Å². The molecule has 2 atom stereocenters. The fourth-order valence-corrected chi connectivity index (χ4v) is 7.14. The van der Waals surface area contributed by atoms with E-state index in [1.54, 1.807) is 63.2 Å². The summed E-state index contributed by atoms with van der Waals surface area (Å²) in [7, 11) is -2.41. The Hall–Kier alpha value is -4.50. The van der Waals surface area contributed by atoms with E-state index in [4.69, 9.17) is 9.47 Å². The molecule has 2 aromatic heterocycles. The molecule has 2 aliphatic heterocycles. The van der Waals surface area contributed by atoms with E-state index in [1.807, 2.05) is 18.2 Å². The highest BCUT2D eigenvalue weighted by Gasteiger charge is 2.42. The Kier molecular flexibility index (Phi) is 10.2. The summed E-state index contributed by atoms with van der Waals surface area (Å²) in [5.41, 5.74) is -0.141. The van der Waals surface area contributed by atoms with Gasteiger partial charge in [-0.05, 0) is 69.5 Å². The van der Waals surface area contributed by atoms with Gasteiger partial charge in [0.15, 0.2) is 5.03 Å². The number of aryl methyl sites for hydroxylation is 1. The lowest BCUT2D eigenvalue weighted by Crippen LogP contribution is -2.52. The minimum atomic E-state index is -4.02. The Morgan fingerprint density at radius 1 is 1.00 bits per heavy atom. The fraction of sp³-hybridized carbons (Fsp3) is 0.469. The summed E-state index contributed by atoms with van der Waals surface area (Å²) in [6.45, 7) is 7.59. The molecule has 2 saturated heterocycles. The van der Waals surface area contributed by atoms with Gasteiger partial charge in [0.05, 0.1) is 0 Å². The van der Waals surface area contributed by atoms with Crippen LogP contribution in [0, 0.1) is 0 Å². The average molecular weight is 668 g/mol. The van der Waals surface area contributed by atoms with Crippen LogP contribution < -0.4 is 15.0 Å². The van der Waals surface area contributed by atoms with Gasteiger partial charge in [0.2, 0.25) is 5.91 Å². The highest BCUT2D eigenvalue weighted by molar-refractivity contribution is 7.89. The van der Waals surface area contributed by atoms with E-state index in [2.05, 4.69) is 20.3 Å². The monoisotopic (exact) mass is 667 g/mol. The first-order valence-corrected chi connectivity index (χ1v) is 17.0. The predicted molar refractivity (Wildman–Crippen MR) is 172 cm³/mol. The highest BCUT2D eigenvalue weighted by atomic mass is 32.2. The molecule has 0 spiro atoms. The van der Waals surface area contributed by atoms with Crippen molar-refractivity contribution in [3.05, 3.63) is 66.5 Å². The second-order valence-corrected chi connectivity index (χ2v) is 14.4. The van der Waals surface area contributed by atoms with Crippen LogP contribution in [0.1, 0.15) is 39.2 Å². The molecule has 2 fully saturated rings. The van der Waals surface area contributed by atoms with Gasteiger partial charge in [-0.25, -0.2) is 23.0 Å². The van der Waals surface area contributed by atoms with Crippen LogP contribution in [0.25, 0.3) is 0 Å². The van der Waals surface area contributed by atoms with E-state index in [9.17, 15) is 22.8 Å². The lowest BCUT2D eigenvalue weighted by Gasteiger charge is -2.34. The van der Waals surface area contributed by atoms with Gasteiger partial charge in [-0.1, -0.05) is 18.2 Å². The summed E-state index contributed by atoms with van der Waals surface area (Å²) < 4.78 is 40.3. The largest absolute Gasteiger partial charge is 0.458 e. The topological polar surface area (TPSA) is 156 Å². The molecule has 0 radical (unpaired) electrons. The van der Waals surface area contributed by atoms with Crippen LogP contribution in [-0.4, -0.2) is 101 Å². The number of carbonyl (C=O) groups excluding carboxylic acids is 3. The van der Waals surface area contributed by atoms with Crippen molar-refractivity contribution in [3.63, 3.8) is 0 Å². The Labute approximate surface area is 274 Å². The first-order valence-electron chi connectivity index (χ1n) is 15.6. The number of aromatic nitrogens is 3. The van der Waals surface area contributed by atoms with E-state index < -0.39 is 45.7 Å². The van der Waals surface area contributed by atoms with E-state index in [1.165, 1.54) is 16.9 Å². The number of piperazine rings is 1. The molecule has 252 valence electrons. The lowest BCUT2D eigenvalue weighted by molar-refractivity contribution is -0.158. The normalized spacial score (nSPS) is 18.1. The SMILES string of the molecule is Cn1ccc(S(=O)(=O)N2CCC[C@H]2C(=O)N[C@@H](Cc2ccc(OC(=O)N3CCN(c4ccccn4)CC3)cc2)C(=O)OC(C)(C)C)n1. The molecule has 0 aliphatic carbocycles. The van der Waals surface area contributed by atoms with Crippen molar-refractivity contribution in [3.8, 4) is 5.75 Å². The van der Waals surface area contributed by atoms with E-state index >= 15 is 0 Å². The van der Waals surface area contributed by atoms with Gasteiger partial charge in [-0.2, -0.15) is 9.40 Å². The molecule has 5 rings (SSSR count). The van der Waals surface area contributed by atoms with E-state index in [0.29, 0.717) is 50.3 Å². The number of hydrogen-bond acceptors (Lipinski definition) is 10. The molecule has 4 heterocycles. The molecule has 47 heavy (non-hydrogen) atoms. The number of ether oxygens (including phenoxy) is 2. The maximum absolute atomic E-state index is 13.5. The molecule has 3 aromatic rings. The Balaban J connectivity index is 1.22. The molecule has 0 unspecified atom stereocenters. The Morgan fingerprint density at radius 2 is 1.72 bits per heavy atom. The molecule has 2 amide bonds. The predicted octanol–water partition coefficient (Wildman–Crippen LogP) is 2.36. The molecule has 1 N–H and O–H groups in total. The van der Waals surface area contributed by atoms with Crippen LogP contribution in [0.15, 0.2) is 66.0 Å². The quantitative estimate of drug-likeness (QED) is 0.336. The van der Waals surface area contributed by atoms with Gasteiger partial charge in [-0.15, -0.1) is 0 Å². The number of benzene rings is 1. The number of carbonyl (C=O) groups is 3. The molecule has 0 bridgehead atoms. The third-order valence-electron chi connectivity index (χ3n) is 7.86. The molecule has 0 saturated carbocycles. The number of sulfonamides is 1. The average Bonchev–Trinajstić information content (AvgIpc) is 3.72. The smallest absolute Gasteiger partial charge is 0.415 e. The molecule has 1 aromatic carbocycles. The number of amides is 2. The van der Waals surface area contributed by atoms with Crippen LogP contribution in [0.2, 0.25) is 0 Å². The summed E-state index contributed by atoms with van der Waals surface area (Å²) in [4.78, 5) is 47.7. The molecule has 14 nitrogen and oxygen atoms in total. The highest BCUT2D eigenvalue weighted by Crippen LogP contribution is 2.26. The molecular weight excluding hydrogens is 626 g/mol. The number of esters is 1. The van der Waals surface area contributed by atoms with Gasteiger partial charge in [0.25, 0.3) is 10.0 Å². The zero-order chi connectivity index (χ0) is 33.8. The number of pyridine rings is 1. The Morgan fingerprint density at radius 3 is 2.34 bits per heavy atom. The summed E-state index contributed by atoms with van der Waals surface area (Å²) in [6, 6.07) is 11.7. The van der Waals surface area contributed by atoms with Crippen molar-refractivity contribution in [1.29, 1.82) is 0 Å². The summed E-state index contributed by atoms with van der Waals surface area (Å²) in [5, 5.41) is 6.62. The number of anilines is 1. The van der Waals surface area contributed by atoms with E-state index in [-0.39, 0.29) is 18.0 Å². The number of nitrogens with one attached hydrogen (secondary N) is 1. The summed E-state index contributed by atoms with van der Waals surface area (Å²) in [6.07, 6.45) is 3.67. The van der Waals surface area contributed by atoms with Gasteiger partial charge in [0.1, 0.15) is 29.3 Å². The minimum Gasteiger partial charge on any atom is -0.458 e. The third kappa shape index (κ3) is 8.46. The second kappa shape index (κ2) is 14.1. The van der Waals surface area contributed by atoms with Crippen molar-refractivity contribution < 1.29 is 32.3 Å². The maximum Gasteiger partial charge on any atom is 0.415 e. The van der Waals surface area contributed by atoms with Crippen LogP contribution in [0.4, 0.5) is 10.6 Å². The van der Waals surface area contributed by atoms with Crippen molar-refractivity contribution in [2.75, 3.05) is 37.6 Å². The van der Waals surface area contributed by atoms with Crippen molar-refractivity contribution in [2.24, 2.45) is 7.05 Å². The van der Waals surface area contributed by atoms with Gasteiger partial charge in [0, 0.05) is 58.6 Å². The summed E-state index contributed by atoms with van der Waals surface area (Å²) >= 11 is 0. The number of hydrogen-bond donors (Lipinski definition) is 1. The first kappa shape index (κ1) is 33.9. The van der Waals surface area contributed by atoms with Crippen molar-refractivity contribution in [1.82, 2.24) is 29.3 Å².